The van der Waals surface area contributed by atoms with Crippen molar-refractivity contribution < 1.29 is 4.79 Å². The van der Waals surface area contributed by atoms with Crippen LogP contribution < -0.4 is 5.32 Å². The summed E-state index contributed by atoms with van der Waals surface area (Å²) < 4.78 is 1.95. The van der Waals surface area contributed by atoms with Crippen LogP contribution in [-0.2, 0) is 11.8 Å². The highest BCUT2D eigenvalue weighted by Crippen LogP contribution is 2.25. The van der Waals surface area contributed by atoms with Gasteiger partial charge in [0.2, 0.25) is 5.91 Å². The molecule has 0 aliphatic carbocycles. The molecule has 0 aromatic carbocycles. The lowest BCUT2D eigenvalue weighted by Crippen LogP contribution is -2.28. The first-order valence-corrected chi connectivity index (χ1v) is 9.09. The molecule has 0 fully saturated rings. The van der Waals surface area contributed by atoms with E-state index in [-0.39, 0.29) is 5.91 Å². The van der Waals surface area contributed by atoms with Crippen molar-refractivity contribution >= 4 is 22.9 Å². The lowest BCUT2D eigenvalue weighted by atomic mass is 10.2. The van der Waals surface area contributed by atoms with Gasteiger partial charge in [-0.15, -0.1) is 0 Å². The van der Waals surface area contributed by atoms with E-state index < -0.39 is 0 Å². The van der Waals surface area contributed by atoms with E-state index in [9.17, 15) is 4.79 Å². The number of aromatic nitrogens is 5. The summed E-state index contributed by atoms with van der Waals surface area (Å²) in [5, 5.41) is 3.32. The molecule has 142 valence electrons. The van der Waals surface area contributed by atoms with Crippen LogP contribution in [0.2, 0.25) is 0 Å². The molecule has 0 aliphatic heterocycles. The predicted octanol–water partition coefficient (Wildman–Crippen LogP) is 2.40. The lowest BCUT2D eigenvalue weighted by molar-refractivity contribution is -0.129. The lowest BCUT2D eigenvalue weighted by Gasteiger charge is -2.16. The van der Waals surface area contributed by atoms with Gasteiger partial charge in [-0.25, -0.2) is 15.0 Å². The van der Waals surface area contributed by atoms with E-state index in [1.165, 1.54) is 6.33 Å². The highest BCUT2D eigenvalue weighted by Gasteiger charge is 2.15. The number of carbonyl (C=O) groups is 1. The molecule has 3 aromatic rings. The fourth-order valence-electron chi connectivity index (χ4n) is 2.90. The Morgan fingerprint density at radius 2 is 2.07 bits per heavy atom. The van der Waals surface area contributed by atoms with Gasteiger partial charge in [-0.1, -0.05) is 6.92 Å². The van der Waals surface area contributed by atoms with Gasteiger partial charge in [-0.2, -0.15) is 0 Å². The fourth-order valence-corrected chi connectivity index (χ4v) is 2.90. The molecule has 0 aliphatic rings. The number of nitrogens with one attached hydrogen (secondary N) is 1. The van der Waals surface area contributed by atoms with Gasteiger partial charge >= 0.3 is 0 Å². The SMILES string of the molecule is CCC(=O)N(C)CCCNc1ncnc2c1nc(-c1ccc(C)nc1)n2C. The summed E-state index contributed by atoms with van der Waals surface area (Å²) in [6.07, 6.45) is 4.71. The van der Waals surface area contributed by atoms with Gasteiger partial charge in [-0.3, -0.25) is 9.78 Å². The standard InChI is InChI=1S/C19H25N7O/c1-5-15(27)25(3)10-6-9-20-17-16-19(23-12-22-17)26(4)18(24-16)14-8-7-13(2)21-11-14/h7-8,11-12H,5-6,9-10H2,1-4H3,(H,20,22,23). The smallest absolute Gasteiger partial charge is 0.222 e. The molecule has 0 saturated heterocycles. The molecule has 3 heterocycles. The molecule has 27 heavy (non-hydrogen) atoms. The first kappa shape index (κ1) is 18.8. The summed E-state index contributed by atoms with van der Waals surface area (Å²) in [5.74, 6) is 1.65. The van der Waals surface area contributed by atoms with Crippen molar-refractivity contribution in [1.82, 2.24) is 29.4 Å². The van der Waals surface area contributed by atoms with Crippen LogP contribution in [0.3, 0.4) is 0 Å². The predicted molar refractivity (Wildman–Crippen MR) is 105 cm³/mol. The third kappa shape index (κ3) is 4.05. The van der Waals surface area contributed by atoms with Crippen molar-refractivity contribution in [1.29, 1.82) is 0 Å². The highest BCUT2D eigenvalue weighted by molar-refractivity contribution is 5.86. The van der Waals surface area contributed by atoms with Crippen molar-refractivity contribution in [2.75, 3.05) is 25.5 Å². The second-order valence-electron chi connectivity index (χ2n) is 6.53. The monoisotopic (exact) mass is 367 g/mol. The first-order valence-electron chi connectivity index (χ1n) is 9.09. The summed E-state index contributed by atoms with van der Waals surface area (Å²) in [7, 11) is 3.77. The second kappa shape index (κ2) is 8.11. The zero-order valence-electron chi connectivity index (χ0n) is 16.2. The Balaban J connectivity index is 1.76. The molecule has 0 radical (unpaired) electrons. The molecular weight excluding hydrogens is 342 g/mol. The largest absolute Gasteiger partial charge is 0.368 e. The van der Waals surface area contributed by atoms with E-state index >= 15 is 0 Å². The molecule has 3 rings (SSSR count). The molecule has 8 nitrogen and oxygen atoms in total. The maximum Gasteiger partial charge on any atom is 0.222 e. The van der Waals surface area contributed by atoms with Crippen LogP contribution in [0, 0.1) is 6.92 Å². The summed E-state index contributed by atoms with van der Waals surface area (Å²) in [4.78, 5) is 31.2. The van der Waals surface area contributed by atoms with E-state index in [0.717, 1.165) is 34.7 Å². The van der Waals surface area contributed by atoms with Crippen LogP contribution in [0.25, 0.3) is 22.6 Å². The first-order chi connectivity index (χ1) is 13.0. The van der Waals surface area contributed by atoms with E-state index in [4.69, 9.17) is 4.98 Å². The zero-order valence-corrected chi connectivity index (χ0v) is 16.2. The molecule has 3 aromatic heterocycles. The van der Waals surface area contributed by atoms with E-state index in [2.05, 4.69) is 20.3 Å². The Bertz CT molecular complexity index is 933. The molecule has 0 spiro atoms. The van der Waals surface area contributed by atoms with Gasteiger partial charge in [0.05, 0.1) is 0 Å². The minimum absolute atomic E-state index is 0.153. The van der Waals surface area contributed by atoms with Crippen molar-refractivity contribution in [3.8, 4) is 11.4 Å². The molecule has 1 amide bonds. The maximum absolute atomic E-state index is 11.6. The number of nitrogens with zero attached hydrogens (tertiary/aromatic N) is 6. The van der Waals surface area contributed by atoms with Crippen LogP contribution in [-0.4, -0.2) is 55.4 Å². The summed E-state index contributed by atoms with van der Waals surface area (Å²) >= 11 is 0. The molecule has 0 bridgehead atoms. The van der Waals surface area contributed by atoms with Crippen LogP contribution in [0.15, 0.2) is 24.7 Å². The van der Waals surface area contributed by atoms with Gasteiger partial charge in [0, 0.05) is 51.1 Å². The summed E-state index contributed by atoms with van der Waals surface area (Å²) in [5.41, 5.74) is 3.40. The summed E-state index contributed by atoms with van der Waals surface area (Å²) in [6.45, 7) is 5.23. The second-order valence-corrected chi connectivity index (χ2v) is 6.53. The van der Waals surface area contributed by atoms with Gasteiger partial charge in [0.1, 0.15) is 12.2 Å². The van der Waals surface area contributed by atoms with Crippen LogP contribution in [0.1, 0.15) is 25.5 Å². The third-order valence-corrected chi connectivity index (χ3v) is 4.52. The minimum Gasteiger partial charge on any atom is -0.368 e. The number of hydrogen-bond donors (Lipinski definition) is 1. The van der Waals surface area contributed by atoms with Crippen LogP contribution >= 0.6 is 0 Å². The van der Waals surface area contributed by atoms with Crippen molar-refractivity contribution in [3.05, 3.63) is 30.4 Å². The normalized spacial score (nSPS) is 11.0. The number of carbonyl (C=O) groups excluding carboxylic acids is 1. The Hall–Kier alpha value is -3.03. The minimum atomic E-state index is 0.153. The quantitative estimate of drug-likeness (QED) is 0.645. The van der Waals surface area contributed by atoms with Gasteiger partial charge < -0.3 is 14.8 Å². The molecule has 0 saturated carbocycles. The zero-order chi connectivity index (χ0) is 19.4. The van der Waals surface area contributed by atoms with Crippen molar-refractivity contribution in [2.45, 2.75) is 26.7 Å². The molecule has 8 heteroatoms. The van der Waals surface area contributed by atoms with E-state index in [0.29, 0.717) is 25.3 Å². The average Bonchev–Trinajstić information content (AvgIpc) is 3.02. The Labute approximate surface area is 158 Å². The Morgan fingerprint density at radius 1 is 1.26 bits per heavy atom. The van der Waals surface area contributed by atoms with Gasteiger partial charge in [0.25, 0.3) is 0 Å². The van der Waals surface area contributed by atoms with E-state index in [1.54, 1.807) is 4.90 Å². The topological polar surface area (TPSA) is 88.8 Å². The number of hydrogen-bond acceptors (Lipinski definition) is 6. The van der Waals surface area contributed by atoms with Crippen LogP contribution in [0.4, 0.5) is 5.82 Å². The number of rotatable bonds is 7. The fraction of sp³-hybridized carbons (Fsp3) is 0.421. The van der Waals surface area contributed by atoms with Gasteiger partial charge in [-0.05, 0) is 25.5 Å². The average molecular weight is 367 g/mol. The highest BCUT2D eigenvalue weighted by atomic mass is 16.2. The van der Waals surface area contributed by atoms with E-state index in [1.807, 2.05) is 50.8 Å². The molecule has 0 atom stereocenters. The number of amides is 1. The number of imidazole rings is 1. The number of pyridine rings is 1. The number of anilines is 1. The van der Waals surface area contributed by atoms with Crippen LogP contribution in [0.5, 0.6) is 0 Å². The Kier molecular flexibility index (Phi) is 5.63. The number of aryl methyl sites for hydroxylation is 2. The molecule has 1 N–H and O–H groups in total. The van der Waals surface area contributed by atoms with Crippen molar-refractivity contribution in [2.24, 2.45) is 7.05 Å². The van der Waals surface area contributed by atoms with Gasteiger partial charge in [0.15, 0.2) is 17.0 Å². The summed E-state index contributed by atoms with van der Waals surface area (Å²) in [6, 6.07) is 3.97. The van der Waals surface area contributed by atoms with Crippen molar-refractivity contribution in [3.63, 3.8) is 0 Å². The molecular formula is C19H25N7O. The molecule has 0 unspecified atom stereocenters. The number of fused-ring (bicyclic) bond motifs is 1. The maximum atomic E-state index is 11.6. The third-order valence-electron chi connectivity index (χ3n) is 4.52. The Morgan fingerprint density at radius 3 is 2.78 bits per heavy atom.